The van der Waals surface area contributed by atoms with Crippen molar-refractivity contribution in [2.24, 2.45) is 16.6 Å². The van der Waals surface area contributed by atoms with Crippen molar-refractivity contribution in [3.63, 3.8) is 0 Å². The van der Waals surface area contributed by atoms with Crippen molar-refractivity contribution < 1.29 is 28.7 Å². The average molecular weight is 944 g/mol. The number of nitriles is 1. The number of nitrogens with one attached hydrogen (secondary N) is 9. The molecule has 10 rings (SSSR count). The number of anilines is 5. The zero-order valence-electron chi connectivity index (χ0n) is 36.6. The number of amides is 8. The summed E-state index contributed by atoms with van der Waals surface area (Å²) in [7, 11) is 0. The lowest BCUT2D eigenvalue weighted by Gasteiger charge is -2.12. The topological polar surface area (TPSA) is 446 Å². The highest BCUT2D eigenvalue weighted by atomic mass is 16.5. The Bertz CT molecular complexity index is 2550. The fraction of sp³-hybridized carbons (Fsp3) is 0.211. The Labute approximate surface area is 389 Å². The first-order valence-corrected chi connectivity index (χ1v) is 19.8. The van der Waals surface area contributed by atoms with Crippen molar-refractivity contribution in [1.82, 2.24) is 82.5 Å². The molecule has 0 fully saturated rings. The van der Waals surface area contributed by atoms with E-state index >= 15 is 0 Å². The third kappa shape index (κ3) is 17.5. The van der Waals surface area contributed by atoms with Gasteiger partial charge in [0, 0.05) is 28.8 Å². The molecule has 6 aromatic rings. The molecule has 31 nitrogen and oxygen atoms in total. The van der Waals surface area contributed by atoms with Crippen LogP contribution in [0.3, 0.4) is 0 Å². The van der Waals surface area contributed by atoms with Gasteiger partial charge in [-0.25, -0.2) is 29.8 Å². The van der Waals surface area contributed by atoms with E-state index in [9.17, 15) is 24.0 Å². The number of aromatic nitrogens is 12. The Hall–Kier alpha value is -10.0. The molecular weight excluding hydrogens is 903 g/mol. The van der Waals surface area contributed by atoms with Gasteiger partial charge in [0.05, 0.1) is 38.4 Å². The molecule has 0 unspecified atom stereocenters. The molecule has 8 amide bonds. The minimum Gasteiger partial charge on any atom is -0.388 e. The summed E-state index contributed by atoms with van der Waals surface area (Å²) in [6.45, 7) is 5.34. The second-order valence-electron chi connectivity index (χ2n) is 13.8. The highest BCUT2D eigenvalue weighted by Gasteiger charge is 2.12. The lowest BCUT2D eigenvalue weighted by Crippen LogP contribution is -2.31. The standard InChI is InChI=1S/C26H28N16O4.C9H6N2O2.C3H7N7/c1-13-3-15-7-16(4-13)32-24(44)28-10-20-37-41-22(42-38-20)12-30-26(46)34-18-6-14(2)5-17(8-18)33-25(45)29-11-21-39-35-19(36-40-21)9-27-23(43)31-15;1-7-2-8(11-6-12)4-9(3-7)13-5-10;4-1-2-7-9-3(6-5)10-8-2/h3-8H,9-12H2,1-2H3,(H2,27,31,43)(H2,28,32,44)(H2,29,33,45)(H2,30,34,46);2-4H,1H3;1,4-5H2,(H,6,9,10). The number of hydrogen-bond acceptors (Lipinski definition) is 23. The molecule has 0 radical (unpaired) electrons. The monoisotopic (exact) mass is 943 g/mol. The number of rotatable bonds is 4. The number of isocyanates is 1. The summed E-state index contributed by atoms with van der Waals surface area (Å²) in [5, 5.41) is 75.0. The molecule has 69 heavy (non-hydrogen) atoms. The van der Waals surface area contributed by atoms with E-state index in [1.54, 1.807) is 68.6 Å². The predicted molar refractivity (Wildman–Crippen MR) is 240 cm³/mol. The molecule has 0 atom stereocenters. The van der Waals surface area contributed by atoms with E-state index in [4.69, 9.17) is 16.8 Å². The number of hydrazine groups is 1. The molecule has 0 spiro atoms. The molecule has 3 aromatic carbocycles. The molecule has 8 bridgehead atoms. The Morgan fingerprint density at radius 2 is 0.928 bits per heavy atom. The van der Waals surface area contributed by atoms with E-state index in [1.807, 2.05) is 6.92 Å². The summed E-state index contributed by atoms with van der Waals surface area (Å²) in [4.78, 5) is 63.3. The van der Waals surface area contributed by atoms with Crippen LogP contribution >= 0.6 is 0 Å². The highest BCUT2D eigenvalue weighted by Crippen LogP contribution is 2.23. The number of urea groups is 4. The van der Waals surface area contributed by atoms with Crippen LogP contribution in [-0.4, -0.2) is 91.4 Å². The number of nitrogens with two attached hydrogens (primary N) is 2. The van der Waals surface area contributed by atoms with Crippen LogP contribution < -0.4 is 64.3 Å². The Morgan fingerprint density at radius 1 is 0.565 bits per heavy atom. The number of nitrogen functional groups attached to an aromatic ring is 1. The molecule has 0 aliphatic carbocycles. The Balaban J connectivity index is 0.000000313. The summed E-state index contributed by atoms with van der Waals surface area (Å²) in [6.07, 6.45) is 2.96. The molecule has 13 N–H and O–H groups in total. The van der Waals surface area contributed by atoms with Crippen LogP contribution in [0.15, 0.2) is 59.6 Å². The van der Waals surface area contributed by atoms with Gasteiger partial charge in [0.1, 0.15) is 5.75 Å². The second kappa shape index (κ2) is 25.4. The fourth-order valence-corrected chi connectivity index (χ4v) is 5.36. The lowest BCUT2D eigenvalue weighted by molar-refractivity contribution is 0.250. The first-order valence-electron chi connectivity index (χ1n) is 19.8. The number of carbonyl (C=O) groups is 4. The molecular formula is C38H41N25O6. The van der Waals surface area contributed by atoms with Gasteiger partial charge in [0.25, 0.3) is 12.2 Å². The van der Waals surface area contributed by atoms with Gasteiger partial charge < -0.3 is 53.0 Å². The van der Waals surface area contributed by atoms with Crippen LogP contribution in [0.4, 0.5) is 53.6 Å². The van der Waals surface area contributed by atoms with Gasteiger partial charge in [-0.15, -0.1) is 66.4 Å². The average Bonchev–Trinajstić information content (AvgIpc) is 3.32. The van der Waals surface area contributed by atoms with Crippen LogP contribution in [0.2, 0.25) is 0 Å². The Kier molecular flexibility index (Phi) is 18.4. The van der Waals surface area contributed by atoms with Crippen LogP contribution in [-0.2, 0) is 37.5 Å². The zero-order chi connectivity index (χ0) is 49.5. The minimum absolute atomic E-state index is 0.0755. The SMILES string of the molecule is Cc1cc(N=C=O)cc(OC#N)c1.Cc1cc2cc(c1)NC(=O)NCc1nnc(nn1)CNC(=O)Nc1cc(C)cc(c1)NC(=O)NCc1nnc(nn1)CNC(=O)N2.NCc1nnc(NN)nn1. The van der Waals surface area contributed by atoms with Crippen LogP contribution in [0.1, 0.15) is 45.8 Å². The third-order valence-corrected chi connectivity index (χ3v) is 8.14. The number of aliphatic imine (C=N–C) groups is 1. The first-order chi connectivity index (χ1) is 33.3. The van der Waals surface area contributed by atoms with E-state index in [0.29, 0.717) is 40.0 Å². The summed E-state index contributed by atoms with van der Waals surface area (Å²) in [5.74, 6) is 6.45. The van der Waals surface area contributed by atoms with Crippen LogP contribution in [0.25, 0.3) is 0 Å². The molecule has 7 heterocycles. The van der Waals surface area contributed by atoms with Gasteiger partial charge in [-0.1, -0.05) is 0 Å². The summed E-state index contributed by atoms with van der Waals surface area (Å²) >= 11 is 0. The molecule has 4 aliphatic rings. The summed E-state index contributed by atoms with van der Waals surface area (Å²) in [5.41, 5.74) is 11.9. The number of aryl methyl sites for hydroxylation is 3. The molecule has 354 valence electrons. The molecule has 0 saturated heterocycles. The Morgan fingerprint density at radius 3 is 1.25 bits per heavy atom. The van der Waals surface area contributed by atoms with E-state index in [2.05, 4.69) is 119 Å². The second-order valence-corrected chi connectivity index (χ2v) is 13.8. The van der Waals surface area contributed by atoms with E-state index in [1.165, 1.54) is 12.1 Å². The predicted octanol–water partition coefficient (Wildman–Crippen LogP) is 0.897. The van der Waals surface area contributed by atoms with Crippen LogP contribution in [0, 0.1) is 32.3 Å². The normalized spacial score (nSPS) is 12.7. The smallest absolute Gasteiger partial charge is 0.319 e. The molecule has 31 heteroatoms. The maximum absolute atomic E-state index is 12.5. The van der Waals surface area contributed by atoms with E-state index < -0.39 is 24.1 Å². The molecule has 0 saturated carbocycles. The summed E-state index contributed by atoms with van der Waals surface area (Å²) < 4.78 is 4.59. The van der Waals surface area contributed by atoms with Gasteiger partial charge in [-0.2, -0.15) is 4.99 Å². The van der Waals surface area contributed by atoms with Crippen molar-refractivity contribution in [1.29, 1.82) is 5.26 Å². The number of ether oxygens (including phenoxy) is 1. The van der Waals surface area contributed by atoms with Crippen molar-refractivity contribution in [2.45, 2.75) is 53.5 Å². The summed E-state index contributed by atoms with van der Waals surface area (Å²) in [6, 6.07) is 12.6. The van der Waals surface area contributed by atoms with E-state index in [0.717, 1.165) is 16.7 Å². The molecule has 3 aromatic heterocycles. The number of hydrogen-bond donors (Lipinski definition) is 11. The highest BCUT2D eigenvalue weighted by molar-refractivity contribution is 5.94. The zero-order valence-corrected chi connectivity index (χ0v) is 36.6. The molecule has 4 aliphatic heterocycles. The van der Waals surface area contributed by atoms with Crippen molar-refractivity contribution >= 4 is 64.6 Å². The van der Waals surface area contributed by atoms with Gasteiger partial charge in [-0.05, 0) is 86.0 Å². The largest absolute Gasteiger partial charge is 0.388 e. The number of carbonyl (C=O) groups excluding carboxylic acids is 5. The van der Waals surface area contributed by atoms with Gasteiger partial charge in [0.15, 0.2) is 29.1 Å². The van der Waals surface area contributed by atoms with Gasteiger partial charge >= 0.3 is 24.1 Å². The first kappa shape index (κ1) is 50.0. The minimum atomic E-state index is -0.554. The van der Waals surface area contributed by atoms with Crippen LogP contribution in [0.5, 0.6) is 5.75 Å². The van der Waals surface area contributed by atoms with E-state index in [-0.39, 0.29) is 62.0 Å². The van der Waals surface area contributed by atoms with Gasteiger partial charge in [0.2, 0.25) is 6.08 Å². The maximum atomic E-state index is 12.5. The number of benzene rings is 3. The number of nitrogens with zero attached hydrogens (tertiary/aromatic N) is 14. The van der Waals surface area contributed by atoms with Gasteiger partial charge in [-0.3, -0.25) is 5.43 Å². The maximum Gasteiger partial charge on any atom is 0.319 e. The van der Waals surface area contributed by atoms with Crippen molar-refractivity contribution in [2.75, 3.05) is 26.7 Å². The quantitative estimate of drug-likeness (QED) is 0.0384. The lowest BCUT2D eigenvalue weighted by atomic mass is 10.2. The van der Waals surface area contributed by atoms with Crippen molar-refractivity contribution in [3.8, 4) is 12.0 Å². The fourth-order valence-electron chi connectivity index (χ4n) is 5.36. The van der Waals surface area contributed by atoms with Crippen molar-refractivity contribution in [3.05, 3.63) is 100 Å². The third-order valence-electron chi connectivity index (χ3n) is 8.14.